The van der Waals surface area contributed by atoms with E-state index in [4.69, 9.17) is 0 Å². The molecule has 3 amide bonds. The number of thiophene rings is 2. The molecule has 0 saturated heterocycles. The lowest BCUT2D eigenvalue weighted by Crippen LogP contribution is -2.46. The summed E-state index contributed by atoms with van der Waals surface area (Å²) in [6.07, 6.45) is 1.79. The van der Waals surface area contributed by atoms with E-state index in [0.29, 0.717) is 6.54 Å². The van der Waals surface area contributed by atoms with E-state index < -0.39 is 6.03 Å². The molecule has 24 heavy (non-hydrogen) atoms. The van der Waals surface area contributed by atoms with Crippen molar-refractivity contribution in [3.8, 4) is 0 Å². The first kappa shape index (κ1) is 17.1. The summed E-state index contributed by atoms with van der Waals surface area (Å²) < 4.78 is 0. The summed E-state index contributed by atoms with van der Waals surface area (Å²) in [7, 11) is 0. The first-order valence-electron chi connectivity index (χ1n) is 8.10. The second-order valence-electron chi connectivity index (χ2n) is 5.74. The van der Waals surface area contributed by atoms with Crippen LogP contribution >= 0.6 is 22.7 Å². The lowest BCUT2D eigenvalue weighted by Gasteiger charge is -2.34. The monoisotopic (exact) mass is 363 g/mol. The van der Waals surface area contributed by atoms with Crippen molar-refractivity contribution in [3.05, 3.63) is 44.3 Å². The fourth-order valence-corrected chi connectivity index (χ4v) is 4.73. The minimum atomic E-state index is -0.414. The van der Waals surface area contributed by atoms with Crippen molar-refractivity contribution in [2.24, 2.45) is 0 Å². The Bertz CT molecular complexity index is 697. The van der Waals surface area contributed by atoms with Crippen molar-refractivity contribution in [2.75, 3.05) is 19.6 Å². The lowest BCUT2D eigenvalue weighted by atomic mass is 9.98. The predicted molar refractivity (Wildman–Crippen MR) is 97.6 cm³/mol. The highest BCUT2D eigenvalue weighted by molar-refractivity contribution is 7.10. The van der Waals surface area contributed by atoms with Crippen molar-refractivity contribution in [2.45, 2.75) is 25.8 Å². The molecule has 0 spiro atoms. The Kier molecular flexibility index (Phi) is 5.65. The Morgan fingerprint density at radius 2 is 2.17 bits per heavy atom. The smallest absolute Gasteiger partial charge is 0.321 e. The Morgan fingerprint density at radius 3 is 2.92 bits per heavy atom. The van der Waals surface area contributed by atoms with E-state index in [1.807, 2.05) is 13.0 Å². The zero-order valence-electron chi connectivity index (χ0n) is 13.6. The van der Waals surface area contributed by atoms with E-state index in [9.17, 15) is 9.59 Å². The van der Waals surface area contributed by atoms with E-state index in [2.05, 4.69) is 38.4 Å². The van der Waals surface area contributed by atoms with Crippen molar-refractivity contribution < 1.29 is 9.59 Å². The standard InChI is InChI=1S/C17H21N3O2S2/c1-2-7-18-17(22)19-15(21)11-20-8-5-13-12(6-10-24-13)16(20)14-4-3-9-23-14/h3-4,6,9-10,16H,2,5,7-8,11H2,1H3,(H2,18,19,21,22). The number of nitrogens with one attached hydrogen (secondary N) is 2. The molecule has 3 rings (SSSR count). The van der Waals surface area contributed by atoms with Crippen molar-refractivity contribution in [3.63, 3.8) is 0 Å². The third-order valence-electron chi connectivity index (χ3n) is 4.01. The lowest BCUT2D eigenvalue weighted by molar-refractivity contribution is -0.121. The van der Waals surface area contributed by atoms with Gasteiger partial charge in [-0.2, -0.15) is 0 Å². The molecule has 2 aromatic heterocycles. The number of hydrogen-bond donors (Lipinski definition) is 2. The van der Waals surface area contributed by atoms with Crippen LogP contribution in [-0.4, -0.2) is 36.5 Å². The summed E-state index contributed by atoms with van der Waals surface area (Å²) in [6, 6.07) is 5.99. The van der Waals surface area contributed by atoms with Crippen LogP contribution < -0.4 is 10.6 Å². The van der Waals surface area contributed by atoms with E-state index in [1.165, 1.54) is 15.3 Å². The average molecular weight is 364 g/mol. The molecular formula is C17H21N3O2S2. The molecule has 5 nitrogen and oxygen atoms in total. The number of rotatable bonds is 5. The fourth-order valence-electron chi connectivity index (χ4n) is 2.95. The number of urea groups is 1. The van der Waals surface area contributed by atoms with Gasteiger partial charge in [-0.25, -0.2) is 4.79 Å². The van der Waals surface area contributed by atoms with Crippen LogP contribution in [0.2, 0.25) is 0 Å². The van der Waals surface area contributed by atoms with Crippen molar-refractivity contribution >= 4 is 34.6 Å². The molecule has 1 atom stereocenters. The Labute approximate surface area is 149 Å². The fraction of sp³-hybridized carbons (Fsp3) is 0.412. The van der Waals surface area contributed by atoms with Crippen LogP contribution in [-0.2, 0) is 11.2 Å². The maximum absolute atomic E-state index is 12.2. The number of carbonyl (C=O) groups excluding carboxylic acids is 2. The number of hydrogen-bond acceptors (Lipinski definition) is 5. The molecule has 7 heteroatoms. The normalized spacial score (nSPS) is 17.3. The molecule has 3 heterocycles. The van der Waals surface area contributed by atoms with Gasteiger partial charge in [0.15, 0.2) is 0 Å². The summed E-state index contributed by atoms with van der Waals surface area (Å²) in [6.45, 7) is 3.58. The molecule has 1 aliphatic heterocycles. The van der Waals surface area contributed by atoms with Crippen LogP contribution in [0.4, 0.5) is 4.79 Å². The van der Waals surface area contributed by atoms with Gasteiger partial charge in [-0.3, -0.25) is 15.0 Å². The Balaban J connectivity index is 1.70. The second-order valence-corrected chi connectivity index (χ2v) is 7.72. The summed E-state index contributed by atoms with van der Waals surface area (Å²) >= 11 is 3.48. The van der Waals surface area contributed by atoms with Crippen LogP contribution in [0.1, 0.15) is 34.7 Å². The summed E-state index contributed by atoms with van der Waals surface area (Å²) in [5.41, 5.74) is 1.29. The molecule has 2 N–H and O–H groups in total. The van der Waals surface area contributed by atoms with Gasteiger partial charge in [-0.1, -0.05) is 13.0 Å². The highest BCUT2D eigenvalue weighted by Gasteiger charge is 2.31. The number of amides is 3. The minimum Gasteiger partial charge on any atom is -0.338 e. The maximum Gasteiger partial charge on any atom is 0.321 e. The van der Waals surface area contributed by atoms with Gasteiger partial charge in [-0.05, 0) is 41.3 Å². The summed E-state index contributed by atoms with van der Waals surface area (Å²) in [5, 5.41) is 9.27. The number of imide groups is 1. The first-order chi connectivity index (χ1) is 11.7. The van der Waals surface area contributed by atoms with Gasteiger partial charge in [-0.15, -0.1) is 22.7 Å². The number of fused-ring (bicyclic) bond motifs is 1. The summed E-state index contributed by atoms with van der Waals surface area (Å²) in [5.74, 6) is -0.260. The van der Waals surface area contributed by atoms with Gasteiger partial charge in [0.1, 0.15) is 0 Å². The molecule has 2 aromatic rings. The molecule has 0 saturated carbocycles. The molecular weight excluding hydrogens is 342 g/mol. The quantitative estimate of drug-likeness (QED) is 0.858. The topological polar surface area (TPSA) is 61.4 Å². The van der Waals surface area contributed by atoms with Crippen molar-refractivity contribution in [1.82, 2.24) is 15.5 Å². The summed E-state index contributed by atoms with van der Waals surface area (Å²) in [4.78, 5) is 28.7. The minimum absolute atomic E-state index is 0.101. The Hall–Kier alpha value is -1.70. The molecule has 0 radical (unpaired) electrons. The molecule has 0 aromatic carbocycles. The maximum atomic E-state index is 12.2. The molecule has 1 unspecified atom stereocenters. The van der Waals surface area contributed by atoms with Crippen molar-refractivity contribution in [1.29, 1.82) is 0 Å². The highest BCUT2D eigenvalue weighted by atomic mass is 32.1. The van der Waals surface area contributed by atoms with Crippen LogP contribution in [0.3, 0.4) is 0 Å². The van der Waals surface area contributed by atoms with Crippen LogP contribution in [0.15, 0.2) is 29.0 Å². The third-order valence-corrected chi connectivity index (χ3v) is 5.93. The van der Waals surface area contributed by atoms with Crippen LogP contribution in [0, 0.1) is 0 Å². The molecule has 0 bridgehead atoms. The van der Waals surface area contributed by atoms with Crippen LogP contribution in [0.25, 0.3) is 0 Å². The third kappa shape index (κ3) is 3.85. The van der Waals surface area contributed by atoms with Gasteiger partial charge in [0, 0.05) is 22.8 Å². The van der Waals surface area contributed by atoms with Gasteiger partial charge in [0.25, 0.3) is 0 Å². The van der Waals surface area contributed by atoms with E-state index in [1.54, 1.807) is 22.7 Å². The van der Waals surface area contributed by atoms with Crippen LogP contribution in [0.5, 0.6) is 0 Å². The molecule has 0 fully saturated rings. The number of carbonyl (C=O) groups is 2. The second kappa shape index (κ2) is 7.92. The SMILES string of the molecule is CCCNC(=O)NC(=O)CN1CCc2sccc2C1c1cccs1. The largest absolute Gasteiger partial charge is 0.338 e. The van der Waals surface area contributed by atoms with E-state index in [-0.39, 0.29) is 18.5 Å². The highest BCUT2D eigenvalue weighted by Crippen LogP contribution is 2.39. The Morgan fingerprint density at radius 1 is 1.29 bits per heavy atom. The molecule has 128 valence electrons. The van der Waals surface area contributed by atoms with Gasteiger partial charge in [0.05, 0.1) is 12.6 Å². The number of nitrogens with zero attached hydrogens (tertiary/aromatic N) is 1. The van der Waals surface area contributed by atoms with Gasteiger partial charge >= 0.3 is 6.03 Å². The van der Waals surface area contributed by atoms with E-state index >= 15 is 0 Å². The molecule has 1 aliphatic rings. The van der Waals surface area contributed by atoms with E-state index in [0.717, 1.165) is 19.4 Å². The van der Waals surface area contributed by atoms with Gasteiger partial charge in [0.2, 0.25) is 5.91 Å². The predicted octanol–water partition coefficient (Wildman–Crippen LogP) is 2.99. The zero-order valence-corrected chi connectivity index (χ0v) is 15.2. The first-order valence-corrected chi connectivity index (χ1v) is 9.86. The average Bonchev–Trinajstić information content (AvgIpc) is 3.23. The molecule has 0 aliphatic carbocycles. The van der Waals surface area contributed by atoms with Gasteiger partial charge < -0.3 is 5.32 Å². The zero-order chi connectivity index (χ0) is 16.9.